The van der Waals surface area contributed by atoms with Crippen molar-refractivity contribution in [2.24, 2.45) is 0 Å². The summed E-state index contributed by atoms with van der Waals surface area (Å²) in [4.78, 5) is 2.39. The molecule has 17 heavy (non-hydrogen) atoms. The molecule has 1 aromatic carbocycles. The van der Waals surface area contributed by atoms with Crippen LogP contribution in [0.15, 0.2) is 18.2 Å². The first-order valence-corrected chi connectivity index (χ1v) is 6.70. The number of likely N-dealkylation sites (tertiary alicyclic amines) is 1. The third-order valence-electron chi connectivity index (χ3n) is 3.46. The standard InChI is InChI=1S/C14H21ClN2/c1-11-5-6-12(8-14(11)15)9-16-13-4-3-7-17(2)10-13/h5-6,8,13,16H,3-4,7,9-10H2,1-2H3. The van der Waals surface area contributed by atoms with Gasteiger partial charge in [0.05, 0.1) is 0 Å². The van der Waals surface area contributed by atoms with Crippen molar-refractivity contribution in [1.82, 2.24) is 10.2 Å². The number of piperidine rings is 1. The first kappa shape index (κ1) is 12.9. The number of nitrogens with one attached hydrogen (secondary N) is 1. The summed E-state index contributed by atoms with van der Waals surface area (Å²) in [7, 11) is 2.19. The van der Waals surface area contributed by atoms with Crippen LogP contribution in [0.4, 0.5) is 0 Å². The van der Waals surface area contributed by atoms with E-state index in [1.807, 2.05) is 6.92 Å². The number of aryl methyl sites for hydroxylation is 1. The summed E-state index contributed by atoms with van der Waals surface area (Å²) in [5, 5.41) is 4.48. The topological polar surface area (TPSA) is 15.3 Å². The van der Waals surface area contributed by atoms with Crippen molar-refractivity contribution in [1.29, 1.82) is 0 Å². The normalized spacial score (nSPS) is 21.7. The second kappa shape index (κ2) is 5.85. The number of rotatable bonds is 3. The summed E-state index contributed by atoms with van der Waals surface area (Å²) >= 11 is 6.12. The third kappa shape index (κ3) is 3.70. The summed E-state index contributed by atoms with van der Waals surface area (Å²) in [6, 6.07) is 6.93. The highest BCUT2D eigenvalue weighted by Crippen LogP contribution is 2.17. The predicted molar refractivity (Wildman–Crippen MR) is 73.5 cm³/mol. The second-order valence-electron chi connectivity index (χ2n) is 5.07. The Morgan fingerprint density at radius 1 is 1.47 bits per heavy atom. The maximum absolute atomic E-state index is 6.12. The minimum atomic E-state index is 0.619. The van der Waals surface area contributed by atoms with E-state index in [0.29, 0.717) is 6.04 Å². The molecule has 94 valence electrons. The average molecular weight is 253 g/mol. The van der Waals surface area contributed by atoms with Crippen LogP contribution in [0.25, 0.3) is 0 Å². The van der Waals surface area contributed by atoms with Gasteiger partial charge in [-0.1, -0.05) is 23.7 Å². The highest BCUT2D eigenvalue weighted by atomic mass is 35.5. The van der Waals surface area contributed by atoms with Gasteiger partial charge in [-0.25, -0.2) is 0 Å². The molecule has 1 aliphatic rings. The Kier molecular flexibility index (Phi) is 4.43. The van der Waals surface area contributed by atoms with Gasteiger partial charge in [0, 0.05) is 24.2 Å². The van der Waals surface area contributed by atoms with Gasteiger partial charge in [0.2, 0.25) is 0 Å². The fraction of sp³-hybridized carbons (Fsp3) is 0.571. The van der Waals surface area contributed by atoms with Gasteiger partial charge in [-0.2, -0.15) is 0 Å². The van der Waals surface area contributed by atoms with Crippen molar-refractivity contribution in [3.63, 3.8) is 0 Å². The SMILES string of the molecule is Cc1ccc(CNC2CCCN(C)C2)cc1Cl. The van der Waals surface area contributed by atoms with Crippen LogP contribution in [0.5, 0.6) is 0 Å². The third-order valence-corrected chi connectivity index (χ3v) is 3.86. The molecule has 0 aliphatic carbocycles. The van der Waals surface area contributed by atoms with Crippen LogP contribution < -0.4 is 5.32 Å². The van der Waals surface area contributed by atoms with E-state index < -0.39 is 0 Å². The molecular formula is C14H21ClN2. The number of hydrogen-bond donors (Lipinski definition) is 1. The van der Waals surface area contributed by atoms with E-state index >= 15 is 0 Å². The number of nitrogens with zero attached hydrogens (tertiary/aromatic N) is 1. The summed E-state index contributed by atoms with van der Waals surface area (Å²) in [6.07, 6.45) is 2.58. The van der Waals surface area contributed by atoms with E-state index in [2.05, 4.69) is 35.5 Å². The lowest BCUT2D eigenvalue weighted by Crippen LogP contribution is -2.43. The molecule has 1 atom stereocenters. The largest absolute Gasteiger partial charge is 0.309 e. The van der Waals surface area contributed by atoms with Gasteiger partial charge >= 0.3 is 0 Å². The molecule has 0 bridgehead atoms. The van der Waals surface area contributed by atoms with Crippen LogP contribution in [-0.2, 0) is 6.54 Å². The number of likely N-dealkylation sites (N-methyl/N-ethyl adjacent to an activating group) is 1. The molecule has 0 saturated carbocycles. The van der Waals surface area contributed by atoms with E-state index in [0.717, 1.165) is 23.7 Å². The van der Waals surface area contributed by atoms with Crippen molar-refractivity contribution in [3.05, 3.63) is 34.3 Å². The van der Waals surface area contributed by atoms with E-state index in [9.17, 15) is 0 Å². The lowest BCUT2D eigenvalue weighted by atomic mass is 10.1. The minimum absolute atomic E-state index is 0.619. The van der Waals surface area contributed by atoms with E-state index in [1.54, 1.807) is 0 Å². The van der Waals surface area contributed by atoms with E-state index in [4.69, 9.17) is 11.6 Å². The molecule has 1 fully saturated rings. The molecule has 1 unspecified atom stereocenters. The van der Waals surface area contributed by atoms with Crippen LogP contribution in [-0.4, -0.2) is 31.1 Å². The molecule has 0 amide bonds. The molecule has 1 N–H and O–H groups in total. The monoisotopic (exact) mass is 252 g/mol. The maximum atomic E-state index is 6.12. The van der Waals surface area contributed by atoms with E-state index in [1.165, 1.54) is 24.9 Å². The second-order valence-corrected chi connectivity index (χ2v) is 5.47. The fourth-order valence-corrected chi connectivity index (χ4v) is 2.54. The van der Waals surface area contributed by atoms with Gasteiger partial charge in [-0.15, -0.1) is 0 Å². The lowest BCUT2D eigenvalue weighted by molar-refractivity contribution is 0.226. The highest BCUT2D eigenvalue weighted by Gasteiger charge is 2.16. The van der Waals surface area contributed by atoms with Gasteiger partial charge < -0.3 is 10.2 Å². The van der Waals surface area contributed by atoms with Crippen LogP contribution in [0.2, 0.25) is 5.02 Å². The molecule has 2 rings (SSSR count). The minimum Gasteiger partial charge on any atom is -0.309 e. The summed E-state index contributed by atoms with van der Waals surface area (Å²) < 4.78 is 0. The van der Waals surface area contributed by atoms with Crippen molar-refractivity contribution < 1.29 is 0 Å². The Balaban J connectivity index is 1.86. The van der Waals surface area contributed by atoms with Crippen LogP contribution in [0.3, 0.4) is 0 Å². The molecule has 0 spiro atoms. The number of hydrogen-bond acceptors (Lipinski definition) is 2. The smallest absolute Gasteiger partial charge is 0.0438 e. The molecule has 1 aromatic rings. The van der Waals surface area contributed by atoms with Crippen LogP contribution >= 0.6 is 11.6 Å². The highest BCUT2D eigenvalue weighted by molar-refractivity contribution is 6.31. The Morgan fingerprint density at radius 3 is 3.00 bits per heavy atom. The van der Waals surface area contributed by atoms with Crippen LogP contribution in [0.1, 0.15) is 24.0 Å². The molecule has 0 radical (unpaired) electrons. The number of benzene rings is 1. The molecule has 1 saturated heterocycles. The Bertz CT molecular complexity index is 378. The zero-order valence-electron chi connectivity index (χ0n) is 10.7. The van der Waals surface area contributed by atoms with Gasteiger partial charge in [0.15, 0.2) is 0 Å². The van der Waals surface area contributed by atoms with Gasteiger partial charge in [-0.3, -0.25) is 0 Å². The van der Waals surface area contributed by atoms with Crippen LogP contribution in [0, 0.1) is 6.92 Å². The zero-order chi connectivity index (χ0) is 12.3. The zero-order valence-corrected chi connectivity index (χ0v) is 11.4. The molecular weight excluding hydrogens is 232 g/mol. The van der Waals surface area contributed by atoms with Gasteiger partial charge in [0.1, 0.15) is 0 Å². The Hall–Kier alpha value is -0.570. The van der Waals surface area contributed by atoms with E-state index in [-0.39, 0.29) is 0 Å². The Morgan fingerprint density at radius 2 is 2.29 bits per heavy atom. The number of halogens is 1. The first-order valence-electron chi connectivity index (χ1n) is 6.32. The molecule has 0 aromatic heterocycles. The lowest BCUT2D eigenvalue weighted by Gasteiger charge is -2.30. The quantitative estimate of drug-likeness (QED) is 0.890. The molecule has 1 heterocycles. The summed E-state index contributed by atoms with van der Waals surface area (Å²) in [5.74, 6) is 0. The summed E-state index contributed by atoms with van der Waals surface area (Å²) in [6.45, 7) is 5.34. The fourth-order valence-electron chi connectivity index (χ4n) is 2.34. The van der Waals surface area contributed by atoms with Crippen molar-refractivity contribution in [2.45, 2.75) is 32.4 Å². The molecule has 3 heteroatoms. The Labute approximate surface area is 109 Å². The molecule has 2 nitrogen and oxygen atoms in total. The average Bonchev–Trinajstić information content (AvgIpc) is 2.31. The van der Waals surface area contributed by atoms with Crippen molar-refractivity contribution >= 4 is 11.6 Å². The molecule has 1 aliphatic heterocycles. The maximum Gasteiger partial charge on any atom is 0.0438 e. The summed E-state index contributed by atoms with van der Waals surface area (Å²) in [5.41, 5.74) is 2.42. The van der Waals surface area contributed by atoms with Gasteiger partial charge in [-0.05, 0) is 50.6 Å². The predicted octanol–water partition coefficient (Wildman–Crippen LogP) is 2.83. The van der Waals surface area contributed by atoms with Gasteiger partial charge in [0.25, 0.3) is 0 Å². The van der Waals surface area contributed by atoms with Crippen molar-refractivity contribution in [2.75, 3.05) is 20.1 Å². The first-order chi connectivity index (χ1) is 8.15. The van der Waals surface area contributed by atoms with Crippen molar-refractivity contribution in [3.8, 4) is 0 Å².